The first-order valence-electron chi connectivity index (χ1n) is 14.8. The minimum atomic E-state index is -0.833. The van der Waals surface area contributed by atoms with Gasteiger partial charge in [0.05, 0.1) is 30.3 Å². The monoisotopic (exact) mass is 733 g/mol. The Hall–Kier alpha value is -5.14. The Morgan fingerprint density at radius 3 is 1.67 bits per heavy atom. The van der Waals surface area contributed by atoms with Gasteiger partial charge in [-0.1, -0.05) is 65.8 Å². The van der Waals surface area contributed by atoms with Crippen LogP contribution in [0.2, 0.25) is 0 Å². The number of carbonyl (C=O) groups excluding carboxylic acids is 2. The van der Waals surface area contributed by atoms with Crippen molar-refractivity contribution >= 4 is 29.6 Å². The standard InChI is InChI=1S/C15H18N2O3.C15H20N2O3.2C2H4O2.Cu/c1-4-19-15(18)14-11(2)16-17(12(14)3)20-10-13-8-6-5-7-9-13;1-4-19-15(18)14(11(2)16)12(3)17-20-10-13-8-6-5-7-9-13;2*1-2(3)4;/h5-9H,4,10H2,1-3H3;5-9H,4,10,16H2,1-3H3;2*1H3,(H,3,4);/b;14-11+,17-12-;;;. The molecule has 0 unspecified atom stereocenters. The summed E-state index contributed by atoms with van der Waals surface area (Å²) >= 11 is 0. The van der Waals surface area contributed by atoms with E-state index in [2.05, 4.69) is 10.3 Å². The smallest absolute Gasteiger partial charge is 0.342 e. The number of esters is 2. The summed E-state index contributed by atoms with van der Waals surface area (Å²) in [5.41, 5.74) is 10.5. The van der Waals surface area contributed by atoms with Crippen LogP contribution >= 0.6 is 0 Å². The zero-order chi connectivity index (χ0) is 36.6. The number of nitrogens with zero attached hydrogens (tertiary/aromatic N) is 3. The number of rotatable bonds is 11. The van der Waals surface area contributed by atoms with Gasteiger partial charge < -0.3 is 35.1 Å². The molecule has 3 aromatic rings. The zero-order valence-electron chi connectivity index (χ0n) is 29.0. The molecule has 0 amide bonds. The maximum absolute atomic E-state index is 11.8. The van der Waals surface area contributed by atoms with Gasteiger partial charge in [-0.05, 0) is 52.7 Å². The van der Waals surface area contributed by atoms with Crippen molar-refractivity contribution in [2.24, 2.45) is 10.9 Å². The van der Waals surface area contributed by atoms with E-state index in [1.807, 2.05) is 60.7 Å². The van der Waals surface area contributed by atoms with Gasteiger partial charge in [0.2, 0.25) is 0 Å². The number of benzene rings is 2. The fraction of sp³-hybridized carbons (Fsp3) is 0.353. The second-order valence-electron chi connectivity index (χ2n) is 9.65. The van der Waals surface area contributed by atoms with Crippen molar-refractivity contribution in [2.75, 3.05) is 13.2 Å². The van der Waals surface area contributed by atoms with Crippen LogP contribution in [0.25, 0.3) is 0 Å². The maximum atomic E-state index is 11.8. The number of aryl methyl sites for hydroxylation is 1. The molecule has 0 atom stereocenters. The number of ether oxygens (including phenoxy) is 2. The van der Waals surface area contributed by atoms with E-state index < -0.39 is 17.9 Å². The van der Waals surface area contributed by atoms with E-state index in [1.165, 1.54) is 4.85 Å². The van der Waals surface area contributed by atoms with Crippen LogP contribution in [0.3, 0.4) is 0 Å². The average Bonchev–Trinajstić information content (AvgIpc) is 3.29. The first-order chi connectivity index (χ1) is 22.7. The van der Waals surface area contributed by atoms with Gasteiger partial charge in [-0.25, -0.2) is 9.59 Å². The molecular formula is C34H46CuN4O10. The van der Waals surface area contributed by atoms with Crippen molar-refractivity contribution in [3.8, 4) is 0 Å². The quantitative estimate of drug-likeness (QED) is 0.0796. The summed E-state index contributed by atoms with van der Waals surface area (Å²) in [5.74, 6) is -2.52. The second-order valence-corrected chi connectivity index (χ2v) is 9.65. The molecule has 2 aromatic carbocycles. The Labute approximate surface area is 297 Å². The van der Waals surface area contributed by atoms with E-state index in [1.54, 1.807) is 41.5 Å². The summed E-state index contributed by atoms with van der Waals surface area (Å²) < 4.78 is 9.96. The van der Waals surface area contributed by atoms with Gasteiger partial charge in [-0.2, -0.15) is 0 Å². The van der Waals surface area contributed by atoms with Crippen molar-refractivity contribution in [1.82, 2.24) is 9.94 Å². The van der Waals surface area contributed by atoms with E-state index in [4.69, 9.17) is 44.7 Å². The Kier molecular flexibility index (Phi) is 24.3. The molecule has 1 heterocycles. The molecule has 3 rings (SSSR count). The van der Waals surface area contributed by atoms with Gasteiger partial charge in [0, 0.05) is 36.6 Å². The van der Waals surface area contributed by atoms with Crippen LogP contribution in [0, 0.1) is 13.8 Å². The maximum Gasteiger partial charge on any atom is 0.342 e. The number of oxime groups is 1. The molecule has 0 aliphatic carbocycles. The molecule has 0 bridgehead atoms. The van der Waals surface area contributed by atoms with E-state index >= 15 is 0 Å². The molecule has 1 aromatic heterocycles. The minimum absolute atomic E-state index is 0. The summed E-state index contributed by atoms with van der Waals surface area (Å²) in [5, 5.41) is 23.0. The number of nitrogens with two attached hydrogens (primary N) is 1. The summed E-state index contributed by atoms with van der Waals surface area (Å²) in [7, 11) is 0. The molecule has 49 heavy (non-hydrogen) atoms. The average molecular weight is 734 g/mol. The van der Waals surface area contributed by atoms with Crippen LogP contribution in [-0.4, -0.2) is 63.0 Å². The van der Waals surface area contributed by atoms with Crippen LogP contribution in [-0.2, 0) is 59.0 Å². The van der Waals surface area contributed by atoms with Crippen molar-refractivity contribution in [3.05, 3.63) is 100 Å². The number of aliphatic carboxylic acids is 2. The molecule has 0 spiro atoms. The van der Waals surface area contributed by atoms with Crippen LogP contribution in [0.1, 0.15) is 74.4 Å². The molecule has 0 saturated carbocycles. The molecule has 0 saturated heterocycles. The van der Waals surface area contributed by atoms with Crippen molar-refractivity contribution in [1.29, 1.82) is 0 Å². The summed E-state index contributed by atoms with van der Waals surface area (Å²) in [4.78, 5) is 53.8. The number of hydrogen-bond donors (Lipinski definition) is 3. The van der Waals surface area contributed by atoms with Gasteiger partial charge in [0.15, 0.2) is 0 Å². The van der Waals surface area contributed by atoms with Crippen molar-refractivity contribution in [2.45, 2.75) is 68.6 Å². The first-order valence-corrected chi connectivity index (χ1v) is 14.8. The van der Waals surface area contributed by atoms with Gasteiger partial charge in [-0.3, -0.25) is 9.59 Å². The van der Waals surface area contributed by atoms with Crippen LogP contribution < -0.4 is 10.6 Å². The predicted molar refractivity (Wildman–Crippen MR) is 179 cm³/mol. The van der Waals surface area contributed by atoms with Gasteiger partial charge in [-0.15, -0.1) is 9.94 Å². The van der Waals surface area contributed by atoms with Crippen LogP contribution in [0.15, 0.2) is 77.1 Å². The number of hydrogen-bond acceptors (Lipinski definition) is 11. The summed E-state index contributed by atoms with van der Waals surface area (Å²) in [6.07, 6.45) is 0. The van der Waals surface area contributed by atoms with Gasteiger partial charge >= 0.3 is 11.9 Å². The van der Waals surface area contributed by atoms with Crippen LogP contribution in [0.5, 0.6) is 0 Å². The molecule has 0 fully saturated rings. The van der Waals surface area contributed by atoms with Crippen molar-refractivity contribution in [3.63, 3.8) is 0 Å². The normalized spacial score (nSPS) is 10.4. The number of allylic oxidation sites excluding steroid dienone is 1. The zero-order valence-corrected chi connectivity index (χ0v) is 29.9. The molecule has 0 aliphatic heterocycles. The van der Waals surface area contributed by atoms with E-state index in [-0.39, 0.29) is 35.2 Å². The Morgan fingerprint density at radius 2 is 1.24 bits per heavy atom. The molecule has 1 radical (unpaired) electrons. The van der Waals surface area contributed by atoms with Gasteiger partial charge in [0.1, 0.15) is 24.4 Å². The third kappa shape index (κ3) is 20.0. The third-order valence-corrected chi connectivity index (χ3v) is 5.44. The fourth-order valence-corrected chi connectivity index (χ4v) is 3.57. The number of carboxylic acid groups (broad SMARTS) is 2. The number of carbonyl (C=O) groups is 4. The summed E-state index contributed by atoms with van der Waals surface area (Å²) in [6, 6.07) is 19.4. The van der Waals surface area contributed by atoms with Crippen molar-refractivity contribution < 1.29 is 65.6 Å². The van der Waals surface area contributed by atoms with Crippen LogP contribution in [0.4, 0.5) is 0 Å². The Balaban J connectivity index is 0. The van der Waals surface area contributed by atoms with E-state index in [0.717, 1.165) is 25.0 Å². The molecule has 15 heteroatoms. The SMILES string of the molecule is CC(=O)O.CC(=O)O.CCOC(=O)C(/C(C)=N\OCc1ccccc1)=C(\C)N.CCOC(=O)c1c(C)nn(OCc2ccccc2)c1C.[Cu]. The largest absolute Gasteiger partial charge is 0.481 e. The molecule has 0 aliphatic rings. The van der Waals surface area contributed by atoms with Gasteiger partial charge in [0.25, 0.3) is 11.9 Å². The van der Waals surface area contributed by atoms with E-state index in [0.29, 0.717) is 48.2 Å². The molecule has 14 nitrogen and oxygen atoms in total. The number of carboxylic acids is 2. The predicted octanol–water partition coefficient (Wildman–Crippen LogP) is 4.86. The second kappa shape index (κ2) is 25.9. The Bertz CT molecular complexity index is 1480. The topological polar surface area (TPSA) is 202 Å². The molecule has 4 N–H and O–H groups in total. The fourth-order valence-electron chi connectivity index (χ4n) is 3.57. The third-order valence-electron chi connectivity index (χ3n) is 5.44. The minimum Gasteiger partial charge on any atom is -0.481 e. The summed E-state index contributed by atoms with van der Waals surface area (Å²) in [6.45, 7) is 13.9. The molecular weight excluding hydrogens is 688 g/mol. The number of aromatic nitrogens is 2. The first kappa shape index (κ1) is 46.0. The van der Waals surface area contributed by atoms with E-state index in [9.17, 15) is 9.59 Å². The molecule has 273 valence electrons. The Morgan fingerprint density at radius 1 is 0.796 bits per heavy atom.